The average molecular weight is 840 g/mol. The molecular weight excluding hydrogens is 819 g/mol. The molecule has 0 spiro atoms. The molecule has 0 aliphatic carbocycles. The van der Waals surface area contributed by atoms with Gasteiger partial charge >= 0.3 is 213 Å². The maximum atomic E-state index is 6.37. The van der Waals surface area contributed by atoms with E-state index in [4.69, 9.17) is 9.15 Å². The van der Waals surface area contributed by atoms with Crippen LogP contribution in [0.1, 0.15) is 0 Å². The molecule has 8 rings (SSSR count). The Hall–Kier alpha value is -4.01. The summed E-state index contributed by atoms with van der Waals surface area (Å²) in [6.07, 6.45) is 3.26. The van der Waals surface area contributed by atoms with Crippen LogP contribution in [0.15, 0.2) is 126 Å². The zero-order chi connectivity index (χ0) is 27.2. The predicted octanol–water partition coefficient (Wildman–Crippen LogP) is 6.91. The Morgan fingerprint density at radius 2 is 1.43 bits per heavy atom. The Balaban J connectivity index is 0.00000288. The van der Waals surface area contributed by atoms with Crippen molar-refractivity contribution < 1.29 is 30.2 Å². The minimum atomic E-state index is -0.599. The van der Waals surface area contributed by atoms with Crippen molar-refractivity contribution in [1.29, 1.82) is 0 Å². The van der Waals surface area contributed by atoms with Crippen LogP contribution in [-0.2, 0) is 21.1 Å². The van der Waals surface area contributed by atoms with Gasteiger partial charge in [0.15, 0.2) is 0 Å². The van der Waals surface area contributed by atoms with Crippen molar-refractivity contribution in [1.82, 2.24) is 4.98 Å². The van der Waals surface area contributed by atoms with Crippen molar-refractivity contribution >= 4 is 68.3 Å². The van der Waals surface area contributed by atoms with Gasteiger partial charge in [-0.25, -0.2) is 0 Å². The van der Waals surface area contributed by atoms with Gasteiger partial charge in [0.2, 0.25) is 0 Å². The van der Waals surface area contributed by atoms with Crippen molar-refractivity contribution in [3.05, 3.63) is 140 Å². The molecule has 0 fully saturated rings. The first-order valence-corrected chi connectivity index (χ1v) is 15.5. The number of para-hydroxylation sites is 4. The van der Waals surface area contributed by atoms with Crippen LogP contribution >= 0.6 is 0 Å². The normalized spacial score (nSPS) is 13.2. The summed E-state index contributed by atoms with van der Waals surface area (Å²) in [5.41, 5.74) is 6.17. The number of rotatable bonds is 5. The molecule has 0 saturated heterocycles. The molecular formula is C34H21N4O2PtTe-3. The van der Waals surface area contributed by atoms with Crippen LogP contribution < -0.4 is 26.7 Å². The molecule has 0 N–H and O–H groups in total. The van der Waals surface area contributed by atoms with Crippen molar-refractivity contribution in [3.63, 3.8) is 0 Å². The van der Waals surface area contributed by atoms with Crippen molar-refractivity contribution in [2.75, 3.05) is 14.7 Å². The fourth-order valence-corrected chi connectivity index (χ4v) is 8.02. The SMILES string of the molecule is [Pt].[c-]1c(Oc2[c-]c3c(cc2)[Te]c2ccccc2N3c2ncco2)cccc1N1[CH-]N(c2ccccc2)c2ccccc21. The quantitative estimate of drug-likeness (QED) is 0.139. The van der Waals surface area contributed by atoms with Crippen LogP contribution in [-0.4, -0.2) is 25.9 Å². The number of nitrogens with zero attached hydrogens (tertiary/aromatic N) is 4. The molecule has 2 aliphatic rings. The molecule has 208 valence electrons. The summed E-state index contributed by atoms with van der Waals surface area (Å²) < 4.78 is 14.7. The van der Waals surface area contributed by atoms with Gasteiger partial charge in [0.1, 0.15) is 0 Å². The Labute approximate surface area is 268 Å². The molecule has 0 atom stereocenters. The molecule has 0 bridgehead atoms. The number of aromatic nitrogens is 1. The van der Waals surface area contributed by atoms with Crippen LogP contribution in [0.2, 0.25) is 0 Å². The number of fused-ring (bicyclic) bond motifs is 3. The third-order valence-corrected chi connectivity index (χ3v) is 10.1. The van der Waals surface area contributed by atoms with Crippen LogP contribution in [0.3, 0.4) is 0 Å². The third-order valence-electron chi connectivity index (χ3n) is 6.92. The fourth-order valence-electron chi connectivity index (χ4n) is 5.10. The number of hydrogen-bond acceptors (Lipinski definition) is 6. The van der Waals surface area contributed by atoms with E-state index in [0.29, 0.717) is 17.5 Å². The van der Waals surface area contributed by atoms with Crippen molar-refractivity contribution in [3.8, 4) is 11.5 Å². The fraction of sp³-hybridized carbons (Fsp3) is 0. The molecule has 3 heterocycles. The zero-order valence-corrected chi connectivity index (χ0v) is 26.6. The first-order chi connectivity index (χ1) is 20.3. The molecule has 5 aromatic carbocycles. The Morgan fingerprint density at radius 1 is 0.690 bits per heavy atom. The number of hydrogen-bond donors (Lipinski definition) is 0. The second-order valence-corrected chi connectivity index (χ2v) is 12.5. The zero-order valence-electron chi connectivity index (χ0n) is 22.0. The van der Waals surface area contributed by atoms with Gasteiger partial charge < -0.3 is 0 Å². The standard InChI is InChI=1S/C34H21N4O2Te.Pt/c1-2-9-24(10-3-1)36-23-37(29-14-5-4-13-28(29)36)25-11-8-12-26(21-25)40-27-17-18-33-31(22-27)38(34-35-19-20-39-34)30-15-6-7-16-32(30)41-33;/h1-20,23H;/q-3;. The number of oxazole rings is 1. The number of ether oxygens (including phenoxy) is 1. The van der Waals surface area contributed by atoms with Gasteiger partial charge in [-0.2, -0.15) is 0 Å². The van der Waals surface area contributed by atoms with E-state index < -0.39 is 20.9 Å². The van der Waals surface area contributed by atoms with E-state index in [1.807, 2.05) is 53.4 Å². The molecule has 0 amide bonds. The summed E-state index contributed by atoms with van der Waals surface area (Å²) in [4.78, 5) is 10.8. The molecule has 1 aromatic heterocycles. The van der Waals surface area contributed by atoms with E-state index in [1.54, 1.807) is 12.5 Å². The van der Waals surface area contributed by atoms with E-state index in [2.05, 4.69) is 94.2 Å². The van der Waals surface area contributed by atoms with Gasteiger partial charge in [0.25, 0.3) is 0 Å². The number of anilines is 7. The van der Waals surface area contributed by atoms with E-state index in [0.717, 1.165) is 34.1 Å². The van der Waals surface area contributed by atoms with E-state index in [9.17, 15) is 0 Å². The minimum absolute atomic E-state index is 0. The van der Waals surface area contributed by atoms with Gasteiger partial charge in [-0.3, -0.25) is 0 Å². The van der Waals surface area contributed by atoms with E-state index in [1.165, 1.54) is 7.22 Å². The molecule has 2 aliphatic heterocycles. The van der Waals surface area contributed by atoms with Gasteiger partial charge in [-0.1, -0.05) is 24.3 Å². The second kappa shape index (κ2) is 11.3. The summed E-state index contributed by atoms with van der Waals surface area (Å²) in [7, 11) is 0. The second-order valence-electron chi connectivity index (χ2n) is 9.44. The van der Waals surface area contributed by atoms with Gasteiger partial charge in [0, 0.05) is 21.1 Å². The van der Waals surface area contributed by atoms with Crippen LogP contribution in [0.25, 0.3) is 0 Å². The topological polar surface area (TPSA) is 45.0 Å². The molecule has 6 nitrogen and oxygen atoms in total. The molecule has 42 heavy (non-hydrogen) atoms. The average Bonchev–Trinajstić information content (AvgIpc) is 3.69. The molecule has 6 aromatic rings. The van der Waals surface area contributed by atoms with E-state index >= 15 is 0 Å². The summed E-state index contributed by atoms with van der Waals surface area (Å²) in [6, 6.07) is 44.7. The molecule has 0 saturated carbocycles. The summed E-state index contributed by atoms with van der Waals surface area (Å²) in [5.74, 6) is 1.22. The van der Waals surface area contributed by atoms with Gasteiger partial charge in [-0.15, -0.1) is 0 Å². The summed E-state index contributed by atoms with van der Waals surface area (Å²) in [6.45, 7) is 2.09. The van der Waals surface area contributed by atoms with Gasteiger partial charge in [-0.05, 0) is 12.1 Å². The van der Waals surface area contributed by atoms with Crippen LogP contribution in [0, 0.1) is 18.8 Å². The Morgan fingerprint density at radius 3 is 2.24 bits per heavy atom. The molecule has 8 heteroatoms. The first-order valence-electron chi connectivity index (χ1n) is 13.1. The van der Waals surface area contributed by atoms with Crippen LogP contribution in [0.5, 0.6) is 11.5 Å². The van der Waals surface area contributed by atoms with E-state index in [-0.39, 0.29) is 21.1 Å². The predicted molar refractivity (Wildman–Crippen MR) is 162 cm³/mol. The maximum absolute atomic E-state index is 6.37. The summed E-state index contributed by atoms with van der Waals surface area (Å²) >= 11 is -0.599. The summed E-state index contributed by atoms with van der Waals surface area (Å²) in [5, 5.41) is 0. The number of benzene rings is 5. The monoisotopic (exact) mass is 842 g/mol. The van der Waals surface area contributed by atoms with Crippen LogP contribution in [0.4, 0.5) is 40.1 Å². The Bertz CT molecular complexity index is 1870. The third kappa shape index (κ3) is 4.78. The Kier molecular flexibility index (Phi) is 7.25. The van der Waals surface area contributed by atoms with Crippen molar-refractivity contribution in [2.24, 2.45) is 0 Å². The first kappa shape index (κ1) is 26.9. The van der Waals surface area contributed by atoms with Crippen molar-refractivity contribution in [2.45, 2.75) is 0 Å². The molecule has 0 radical (unpaired) electrons. The molecule has 0 unspecified atom stereocenters. The van der Waals surface area contributed by atoms with Gasteiger partial charge in [0.05, 0.1) is 0 Å².